The number of thiophene rings is 1. The Balaban J connectivity index is 2.41. The van der Waals surface area contributed by atoms with E-state index in [1.165, 1.54) is 4.88 Å². The zero-order valence-corrected chi connectivity index (χ0v) is 10.4. The molecule has 1 aromatic heterocycles. The third-order valence-corrected chi connectivity index (χ3v) is 3.38. The second kappa shape index (κ2) is 6.10. The van der Waals surface area contributed by atoms with Crippen LogP contribution in [0.1, 0.15) is 18.7 Å². The Labute approximate surface area is 95.6 Å². The van der Waals surface area contributed by atoms with E-state index in [-0.39, 0.29) is 0 Å². The van der Waals surface area contributed by atoms with Gasteiger partial charge in [-0.05, 0) is 12.0 Å². The van der Waals surface area contributed by atoms with Crippen molar-refractivity contribution in [1.82, 2.24) is 5.32 Å². The fourth-order valence-electron chi connectivity index (χ4n) is 1.38. The van der Waals surface area contributed by atoms with Crippen LogP contribution in [0.15, 0.2) is 11.4 Å². The molecule has 0 saturated carbocycles. The Bertz CT molecular complexity index is 286. The number of rotatable bonds is 6. The highest BCUT2D eigenvalue weighted by Crippen LogP contribution is 2.21. The van der Waals surface area contributed by atoms with Gasteiger partial charge in [0.2, 0.25) is 0 Å². The largest absolute Gasteiger partial charge is 0.496 e. The molecule has 0 aliphatic carbocycles. The standard InChI is InChI=1S/C11H20N2OS/c1-8(2)11(5-12)13-6-10-4-9(14-3)7-15-10/h4,7-8,11,13H,5-6,12H2,1-3H3. The van der Waals surface area contributed by atoms with Crippen molar-refractivity contribution in [2.45, 2.75) is 26.4 Å². The number of methoxy groups -OCH3 is 1. The minimum absolute atomic E-state index is 0.387. The van der Waals surface area contributed by atoms with Crippen molar-refractivity contribution in [1.29, 1.82) is 0 Å². The molecular formula is C11H20N2OS. The van der Waals surface area contributed by atoms with Crippen LogP contribution in [0.4, 0.5) is 0 Å². The summed E-state index contributed by atoms with van der Waals surface area (Å²) in [4.78, 5) is 1.28. The van der Waals surface area contributed by atoms with Crippen LogP contribution in [0.2, 0.25) is 0 Å². The van der Waals surface area contributed by atoms with Gasteiger partial charge in [0.15, 0.2) is 0 Å². The van der Waals surface area contributed by atoms with Gasteiger partial charge in [0.1, 0.15) is 5.75 Å². The maximum Gasteiger partial charge on any atom is 0.129 e. The predicted molar refractivity (Wildman–Crippen MR) is 65.4 cm³/mol. The van der Waals surface area contributed by atoms with Crippen molar-refractivity contribution in [3.63, 3.8) is 0 Å². The quantitative estimate of drug-likeness (QED) is 0.781. The number of hydrogen-bond acceptors (Lipinski definition) is 4. The van der Waals surface area contributed by atoms with Crippen molar-refractivity contribution >= 4 is 11.3 Å². The summed E-state index contributed by atoms with van der Waals surface area (Å²) in [5, 5.41) is 5.47. The minimum Gasteiger partial charge on any atom is -0.496 e. The number of ether oxygens (including phenoxy) is 1. The zero-order chi connectivity index (χ0) is 11.3. The molecule has 0 aromatic carbocycles. The SMILES string of the molecule is COc1csc(CNC(CN)C(C)C)c1. The Hall–Kier alpha value is -0.580. The van der Waals surface area contributed by atoms with Gasteiger partial charge in [-0.1, -0.05) is 13.8 Å². The molecule has 0 aliphatic rings. The van der Waals surface area contributed by atoms with Gasteiger partial charge in [-0.2, -0.15) is 0 Å². The van der Waals surface area contributed by atoms with Gasteiger partial charge in [-0.15, -0.1) is 11.3 Å². The van der Waals surface area contributed by atoms with E-state index < -0.39 is 0 Å². The fourth-order valence-corrected chi connectivity index (χ4v) is 2.17. The van der Waals surface area contributed by atoms with Crippen molar-refractivity contribution in [3.05, 3.63) is 16.3 Å². The summed E-state index contributed by atoms with van der Waals surface area (Å²) >= 11 is 1.71. The van der Waals surface area contributed by atoms with E-state index in [1.807, 2.05) is 5.38 Å². The monoisotopic (exact) mass is 228 g/mol. The van der Waals surface area contributed by atoms with Crippen LogP contribution in [-0.2, 0) is 6.54 Å². The normalized spacial score (nSPS) is 13.1. The Kier molecular flexibility index (Phi) is 5.08. The van der Waals surface area contributed by atoms with Crippen LogP contribution in [0.3, 0.4) is 0 Å². The molecule has 3 nitrogen and oxygen atoms in total. The van der Waals surface area contributed by atoms with E-state index in [1.54, 1.807) is 18.4 Å². The highest BCUT2D eigenvalue weighted by Gasteiger charge is 2.10. The number of nitrogens with two attached hydrogens (primary N) is 1. The second-order valence-corrected chi connectivity index (χ2v) is 4.92. The summed E-state index contributed by atoms with van der Waals surface area (Å²) in [6, 6.07) is 2.45. The number of hydrogen-bond donors (Lipinski definition) is 2. The molecule has 3 N–H and O–H groups in total. The van der Waals surface area contributed by atoms with Gasteiger partial charge < -0.3 is 15.8 Å². The summed E-state index contributed by atoms with van der Waals surface area (Å²) < 4.78 is 5.13. The summed E-state index contributed by atoms with van der Waals surface area (Å²) in [7, 11) is 1.69. The summed E-state index contributed by atoms with van der Waals surface area (Å²) in [5.41, 5.74) is 5.69. The summed E-state index contributed by atoms with van der Waals surface area (Å²) in [6.07, 6.45) is 0. The molecule has 0 amide bonds. The maximum atomic E-state index is 5.69. The van der Waals surface area contributed by atoms with Gasteiger partial charge in [0, 0.05) is 29.4 Å². The molecule has 1 aromatic rings. The molecular weight excluding hydrogens is 208 g/mol. The van der Waals surface area contributed by atoms with Gasteiger partial charge in [0.25, 0.3) is 0 Å². The maximum absolute atomic E-state index is 5.69. The van der Waals surface area contributed by atoms with Gasteiger partial charge >= 0.3 is 0 Å². The summed E-state index contributed by atoms with van der Waals surface area (Å²) in [5.74, 6) is 1.50. The average molecular weight is 228 g/mol. The molecule has 86 valence electrons. The fraction of sp³-hybridized carbons (Fsp3) is 0.636. The van der Waals surface area contributed by atoms with Crippen LogP contribution >= 0.6 is 11.3 Å². The van der Waals surface area contributed by atoms with Gasteiger partial charge in [-0.25, -0.2) is 0 Å². The number of nitrogens with one attached hydrogen (secondary N) is 1. The molecule has 0 spiro atoms. The van der Waals surface area contributed by atoms with Crippen LogP contribution in [0, 0.1) is 5.92 Å². The first kappa shape index (κ1) is 12.5. The minimum atomic E-state index is 0.387. The third-order valence-electron chi connectivity index (χ3n) is 2.46. The molecule has 1 atom stereocenters. The molecule has 0 saturated heterocycles. The van der Waals surface area contributed by atoms with E-state index in [9.17, 15) is 0 Å². The first-order valence-corrected chi connectivity index (χ1v) is 6.10. The Morgan fingerprint density at radius 2 is 2.27 bits per heavy atom. The van der Waals surface area contributed by atoms with Crippen LogP contribution < -0.4 is 15.8 Å². The molecule has 1 unspecified atom stereocenters. The molecule has 0 aliphatic heterocycles. The van der Waals surface area contributed by atoms with Gasteiger partial charge in [-0.3, -0.25) is 0 Å². The molecule has 15 heavy (non-hydrogen) atoms. The molecule has 1 heterocycles. The smallest absolute Gasteiger partial charge is 0.129 e. The van der Waals surface area contributed by atoms with Crippen molar-refractivity contribution < 1.29 is 4.74 Å². The molecule has 1 rings (SSSR count). The topological polar surface area (TPSA) is 47.3 Å². The lowest BCUT2D eigenvalue weighted by atomic mass is 10.1. The lowest BCUT2D eigenvalue weighted by Gasteiger charge is -2.19. The summed E-state index contributed by atoms with van der Waals surface area (Å²) in [6.45, 7) is 5.91. The highest BCUT2D eigenvalue weighted by atomic mass is 32.1. The molecule has 0 bridgehead atoms. The Morgan fingerprint density at radius 1 is 1.53 bits per heavy atom. The molecule has 4 heteroatoms. The average Bonchev–Trinajstić information content (AvgIpc) is 2.66. The second-order valence-electron chi connectivity index (χ2n) is 3.92. The first-order chi connectivity index (χ1) is 7.17. The van der Waals surface area contributed by atoms with E-state index in [0.717, 1.165) is 12.3 Å². The first-order valence-electron chi connectivity index (χ1n) is 5.22. The van der Waals surface area contributed by atoms with Crippen LogP contribution in [0.25, 0.3) is 0 Å². The Morgan fingerprint density at radius 3 is 2.73 bits per heavy atom. The predicted octanol–water partition coefficient (Wildman–Crippen LogP) is 1.83. The van der Waals surface area contributed by atoms with Crippen LogP contribution in [0.5, 0.6) is 5.75 Å². The highest BCUT2D eigenvalue weighted by molar-refractivity contribution is 7.10. The lowest BCUT2D eigenvalue weighted by Crippen LogP contribution is -2.39. The lowest BCUT2D eigenvalue weighted by molar-refractivity contribution is 0.404. The van der Waals surface area contributed by atoms with E-state index in [4.69, 9.17) is 10.5 Å². The van der Waals surface area contributed by atoms with Crippen LogP contribution in [-0.4, -0.2) is 19.7 Å². The van der Waals surface area contributed by atoms with E-state index in [0.29, 0.717) is 18.5 Å². The third kappa shape index (κ3) is 3.81. The molecule has 0 radical (unpaired) electrons. The van der Waals surface area contributed by atoms with Crippen molar-refractivity contribution in [2.75, 3.05) is 13.7 Å². The van der Waals surface area contributed by atoms with Crippen molar-refractivity contribution in [3.8, 4) is 5.75 Å². The van der Waals surface area contributed by atoms with Crippen molar-refractivity contribution in [2.24, 2.45) is 11.7 Å². The molecule has 0 fully saturated rings. The van der Waals surface area contributed by atoms with Gasteiger partial charge in [0.05, 0.1) is 7.11 Å². The zero-order valence-electron chi connectivity index (χ0n) is 9.62. The van der Waals surface area contributed by atoms with E-state index >= 15 is 0 Å². The van der Waals surface area contributed by atoms with E-state index in [2.05, 4.69) is 25.2 Å².